The molecule has 0 bridgehead atoms. The molecule has 3 N–H and O–H groups in total. The summed E-state index contributed by atoms with van der Waals surface area (Å²) in [5.41, 5.74) is 6.98. The number of ether oxygens (including phenoxy) is 1. The summed E-state index contributed by atoms with van der Waals surface area (Å²) in [7, 11) is 0. The summed E-state index contributed by atoms with van der Waals surface area (Å²) in [5.74, 6) is 0.647. The Labute approximate surface area is 128 Å². The smallest absolute Gasteiger partial charge is 0.224 e. The predicted molar refractivity (Wildman–Crippen MR) is 85.7 cm³/mol. The normalized spacial score (nSPS) is 10.1. The van der Waals surface area contributed by atoms with E-state index in [-0.39, 0.29) is 5.91 Å². The van der Waals surface area contributed by atoms with Gasteiger partial charge in [0.05, 0.1) is 6.61 Å². The summed E-state index contributed by atoms with van der Waals surface area (Å²) in [6.45, 7) is 0.463. The average molecular weight is 305 g/mol. The zero-order valence-electron chi connectivity index (χ0n) is 11.5. The van der Waals surface area contributed by atoms with E-state index in [0.29, 0.717) is 41.6 Å². The van der Waals surface area contributed by atoms with Gasteiger partial charge in [-0.2, -0.15) is 0 Å². The SMILES string of the molecule is Nc1cccc(NC(=O)CCCOc2cccc(Cl)c2)c1. The first-order valence-electron chi connectivity index (χ1n) is 6.67. The highest BCUT2D eigenvalue weighted by Crippen LogP contribution is 2.17. The third-order valence-corrected chi connectivity index (χ3v) is 3.02. The molecule has 5 heteroatoms. The Kier molecular flexibility index (Phi) is 5.46. The third-order valence-electron chi connectivity index (χ3n) is 2.78. The number of nitrogen functional groups attached to an aromatic ring is 1. The van der Waals surface area contributed by atoms with Crippen LogP contribution in [0.3, 0.4) is 0 Å². The maximum atomic E-state index is 11.8. The topological polar surface area (TPSA) is 64.3 Å². The van der Waals surface area contributed by atoms with Crippen LogP contribution in [0.2, 0.25) is 5.02 Å². The van der Waals surface area contributed by atoms with Crippen molar-refractivity contribution in [1.29, 1.82) is 0 Å². The molecule has 0 aliphatic heterocycles. The Morgan fingerprint density at radius 1 is 1.19 bits per heavy atom. The standard InChI is InChI=1S/C16H17ClN2O2/c17-12-4-1-7-15(10-12)21-9-3-8-16(20)19-14-6-2-5-13(18)11-14/h1-2,4-7,10-11H,3,8-9,18H2,(H,19,20). The van der Waals surface area contributed by atoms with Crippen molar-refractivity contribution in [3.63, 3.8) is 0 Å². The highest BCUT2D eigenvalue weighted by molar-refractivity contribution is 6.30. The molecular weight excluding hydrogens is 288 g/mol. The van der Waals surface area contributed by atoms with E-state index < -0.39 is 0 Å². The molecular formula is C16H17ClN2O2. The first kappa shape index (κ1) is 15.2. The molecule has 4 nitrogen and oxygen atoms in total. The molecule has 0 spiro atoms. The maximum Gasteiger partial charge on any atom is 0.224 e. The van der Waals surface area contributed by atoms with Gasteiger partial charge in [-0.3, -0.25) is 4.79 Å². The lowest BCUT2D eigenvalue weighted by Gasteiger charge is -2.07. The van der Waals surface area contributed by atoms with Crippen LogP contribution in [0.4, 0.5) is 11.4 Å². The van der Waals surface area contributed by atoms with Crippen molar-refractivity contribution in [2.45, 2.75) is 12.8 Å². The second-order valence-electron chi connectivity index (χ2n) is 4.58. The molecule has 2 rings (SSSR count). The number of benzene rings is 2. The van der Waals surface area contributed by atoms with Gasteiger partial charge in [0, 0.05) is 22.8 Å². The van der Waals surface area contributed by atoms with Gasteiger partial charge in [-0.1, -0.05) is 23.7 Å². The molecule has 0 aliphatic carbocycles. The average Bonchev–Trinajstić information content (AvgIpc) is 2.44. The van der Waals surface area contributed by atoms with Gasteiger partial charge in [-0.05, 0) is 42.8 Å². The number of hydrogen-bond donors (Lipinski definition) is 2. The van der Waals surface area contributed by atoms with E-state index in [4.69, 9.17) is 22.1 Å². The lowest BCUT2D eigenvalue weighted by molar-refractivity contribution is -0.116. The zero-order valence-corrected chi connectivity index (χ0v) is 12.3. The minimum Gasteiger partial charge on any atom is -0.494 e. The van der Waals surface area contributed by atoms with Crippen LogP contribution in [-0.4, -0.2) is 12.5 Å². The van der Waals surface area contributed by atoms with Gasteiger partial charge >= 0.3 is 0 Å². The quantitative estimate of drug-likeness (QED) is 0.631. The highest BCUT2D eigenvalue weighted by atomic mass is 35.5. The van der Waals surface area contributed by atoms with Crippen molar-refractivity contribution in [2.75, 3.05) is 17.7 Å². The van der Waals surface area contributed by atoms with E-state index >= 15 is 0 Å². The summed E-state index contributed by atoms with van der Waals surface area (Å²) < 4.78 is 5.52. The molecule has 0 atom stereocenters. The molecule has 110 valence electrons. The first-order valence-corrected chi connectivity index (χ1v) is 7.05. The Bertz CT molecular complexity index is 617. The zero-order chi connectivity index (χ0) is 15.1. The van der Waals surface area contributed by atoms with Crippen molar-refractivity contribution in [3.05, 3.63) is 53.6 Å². The van der Waals surface area contributed by atoms with Crippen LogP contribution in [0.5, 0.6) is 5.75 Å². The summed E-state index contributed by atoms with van der Waals surface area (Å²) >= 11 is 5.86. The summed E-state index contributed by atoms with van der Waals surface area (Å²) in [5, 5.41) is 3.43. The molecule has 1 amide bonds. The van der Waals surface area contributed by atoms with Gasteiger partial charge in [0.2, 0.25) is 5.91 Å². The highest BCUT2D eigenvalue weighted by Gasteiger charge is 2.03. The van der Waals surface area contributed by atoms with Gasteiger partial charge in [-0.25, -0.2) is 0 Å². The van der Waals surface area contributed by atoms with Crippen molar-refractivity contribution < 1.29 is 9.53 Å². The number of hydrogen-bond acceptors (Lipinski definition) is 3. The maximum absolute atomic E-state index is 11.8. The largest absolute Gasteiger partial charge is 0.494 e. The van der Waals surface area contributed by atoms with E-state index in [1.54, 1.807) is 36.4 Å². The van der Waals surface area contributed by atoms with E-state index in [1.807, 2.05) is 12.1 Å². The van der Waals surface area contributed by atoms with E-state index in [2.05, 4.69) is 5.32 Å². The van der Waals surface area contributed by atoms with Crippen LogP contribution in [0.25, 0.3) is 0 Å². The lowest BCUT2D eigenvalue weighted by Crippen LogP contribution is -2.12. The molecule has 2 aromatic carbocycles. The number of carbonyl (C=O) groups excluding carboxylic acids is 1. The Morgan fingerprint density at radius 3 is 2.76 bits per heavy atom. The minimum atomic E-state index is -0.0599. The molecule has 0 fully saturated rings. The molecule has 2 aromatic rings. The predicted octanol–water partition coefficient (Wildman–Crippen LogP) is 3.72. The fourth-order valence-electron chi connectivity index (χ4n) is 1.82. The van der Waals surface area contributed by atoms with Crippen LogP contribution < -0.4 is 15.8 Å². The van der Waals surface area contributed by atoms with Crippen LogP contribution >= 0.6 is 11.6 Å². The molecule has 0 saturated heterocycles. The molecule has 21 heavy (non-hydrogen) atoms. The summed E-state index contributed by atoms with van der Waals surface area (Å²) in [4.78, 5) is 11.8. The number of anilines is 2. The fourth-order valence-corrected chi connectivity index (χ4v) is 2.00. The molecule has 0 aromatic heterocycles. The van der Waals surface area contributed by atoms with Gasteiger partial charge in [0.1, 0.15) is 5.75 Å². The van der Waals surface area contributed by atoms with E-state index in [9.17, 15) is 4.79 Å². The van der Waals surface area contributed by atoms with E-state index in [1.165, 1.54) is 0 Å². The number of rotatable bonds is 6. The molecule has 0 heterocycles. The number of halogens is 1. The van der Waals surface area contributed by atoms with Crippen molar-refractivity contribution in [2.24, 2.45) is 0 Å². The minimum absolute atomic E-state index is 0.0599. The Hall–Kier alpha value is -2.20. The number of amides is 1. The molecule has 0 unspecified atom stereocenters. The molecule has 0 aliphatic rings. The Balaban J connectivity index is 1.70. The van der Waals surface area contributed by atoms with Crippen LogP contribution in [-0.2, 0) is 4.79 Å². The van der Waals surface area contributed by atoms with Crippen LogP contribution in [0.1, 0.15) is 12.8 Å². The lowest BCUT2D eigenvalue weighted by atomic mass is 10.2. The van der Waals surface area contributed by atoms with Gasteiger partial charge in [0.15, 0.2) is 0 Å². The number of carbonyl (C=O) groups is 1. The monoisotopic (exact) mass is 304 g/mol. The third kappa shape index (κ3) is 5.36. The van der Waals surface area contributed by atoms with Crippen molar-refractivity contribution in [1.82, 2.24) is 0 Å². The van der Waals surface area contributed by atoms with Gasteiger partial charge in [-0.15, -0.1) is 0 Å². The van der Waals surface area contributed by atoms with Crippen molar-refractivity contribution in [3.8, 4) is 5.75 Å². The van der Waals surface area contributed by atoms with Gasteiger partial charge < -0.3 is 15.8 Å². The summed E-state index contributed by atoms with van der Waals surface area (Å²) in [6, 6.07) is 14.3. The number of nitrogens with two attached hydrogens (primary N) is 1. The number of nitrogens with one attached hydrogen (secondary N) is 1. The van der Waals surface area contributed by atoms with Gasteiger partial charge in [0.25, 0.3) is 0 Å². The Morgan fingerprint density at radius 2 is 2.00 bits per heavy atom. The second-order valence-corrected chi connectivity index (χ2v) is 5.02. The van der Waals surface area contributed by atoms with Crippen molar-refractivity contribution >= 4 is 28.9 Å². The fraction of sp³-hybridized carbons (Fsp3) is 0.188. The molecule has 0 radical (unpaired) electrons. The second kappa shape index (κ2) is 7.55. The summed E-state index contributed by atoms with van der Waals surface area (Å²) in [6.07, 6.45) is 1.01. The van der Waals surface area contributed by atoms with Crippen LogP contribution in [0, 0.1) is 0 Å². The molecule has 0 saturated carbocycles. The van der Waals surface area contributed by atoms with E-state index in [0.717, 1.165) is 0 Å². The van der Waals surface area contributed by atoms with Crippen LogP contribution in [0.15, 0.2) is 48.5 Å². The first-order chi connectivity index (χ1) is 10.1.